The molecule has 0 saturated carbocycles. The molecule has 168 valence electrons. The fourth-order valence-electron chi connectivity index (χ4n) is 3.89. The second kappa shape index (κ2) is 9.05. The zero-order valence-electron chi connectivity index (χ0n) is 16.7. The zero-order valence-corrected chi connectivity index (χ0v) is 17.4. The van der Waals surface area contributed by atoms with Gasteiger partial charge < -0.3 is 15.4 Å². The molecule has 2 N–H and O–H groups in total. The molecule has 4 rings (SSSR count). The summed E-state index contributed by atoms with van der Waals surface area (Å²) in [4.78, 5) is 14.9. The molecule has 2 atom stereocenters. The molecule has 2 aliphatic rings. The number of carbonyl (C=O) groups excluding carboxylic acids is 1. The molecule has 0 bridgehead atoms. The lowest BCUT2D eigenvalue weighted by molar-refractivity contribution is -0.173. The first-order valence-electron chi connectivity index (χ1n) is 10.1. The van der Waals surface area contributed by atoms with Crippen molar-refractivity contribution in [3.05, 3.63) is 46.6 Å². The highest BCUT2D eigenvalue weighted by molar-refractivity contribution is 6.30. The Bertz CT molecular complexity index is 913. The van der Waals surface area contributed by atoms with Gasteiger partial charge in [-0.25, -0.2) is 4.68 Å². The molecule has 3 heterocycles. The molecule has 0 radical (unpaired) electrons. The van der Waals surface area contributed by atoms with Gasteiger partial charge in [0, 0.05) is 37.6 Å². The molecule has 0 aliphatic carbocycles. The quantitative estimate of drug-likeness (QED) is 0.721. The van der Waals surface area contributed by atoms with E-state index in [1.54, 1.807) is 24.3 Å². The molecule has 1 amide bonds. The van der Waals surface area contributed by atoms with Crippen LogP contribution in [0.4, 0.5) is 19.0 Å². The Morgan fingerprint density at radius 2 is 1.97 bits per heavy atom. The van der Waals surface area contributed by atoms with Gasteiger partial charge in [0.15, 0.2) is 6.04 Å². The number of anilines is 1. The Balaban J connectivity index is 1.51. The van der Waals surface area contributed by atoms with E-state index in [1.807, 2.05) is 0 Å². The molecule has 7 nitrogen and oxygen atoms in total. The third kappa shape index (κ3) is 4.97. The van der Waals surface area contributed by atoms with Gasteiger partial charge in [-0.15, -0.1) is 0 Å². The highest BCUT2D eigenvalue weighted by Crippen LogP contribution is 2.44. The van der Waals surface area contributed by atoms with Crippen molar-refractivity contribution in [3.8, 4) is 0 Å². The SMILES string of the molecule is O=C(NCCN1CCOCC1)c1cnn2c1NC(c1ccc(Cl)cc1)CC2C(F)(F)F. The first kappa shape index (κ1) is 21.9. The number of hydrogen-bond donors (Lipinski definition) is 2. The van der Waals surface area contributed by atoms with Crippen molar-refractivity contribution in [2.75, 3.05) is 44.7 Å². The predicted octanol–water partition coefficient (Wildman–Crippen LogP) is 3.26. The Hall–Kier alpha value is -2.30. The fraction of sp³-hybridized carbons (Fsp3) is 0.500. The van der Waals surface area contributed by atoms with Gasteiger partial charge in [-0.05, 0) is 17.7 Å². The molecule has 0 spiro atoms. The maximum Gasteiger partial charge on any atom is 0.410 e. The number of benzene rings is 1. The van der Waals surface area contributed by atoms with E-state index in [-0.39, 0.29) is 17.8 Å². The van der Waals surface area contributed by atoms with Crippen molar-refractivity contribution in [2.24, 2.45) is 0 Å². The average Bonchev–Trinajstić information content (AvgIpc) is 3.17. The largest absolute Gasteiger partial charge is 0.410 e. The third-order valence-electron chi connectivity index (χ3n) is 5.57. The highest BCUT2D eigenvalue weighted by Gasteiger charge is 2.47. The first-order chi connectivity index (χ1) is 14.8. The van der Waals surface area contributed by atoms with Crippen LogP contribution in [-0.4, -0.2) is 66.2 Å². The van der Waals surface area contributed by atoms with Gasteiger partial charge in [0.25, 0.3) is 5.91 Å². The second-order valence-electron chi connectivity index (χ2n) is 7.60. The molecule has 1 aromatic heterocycles. The lowest BCUT2D eigenvalue weighted by atomic mass is 9.96. The maximum atomic E-state index is 13.8. The van der Waals surface area contributed by atoms with Gasteiger partial charge in [-0.3, -0.25) is 9.69 Å². The van der Waals surface area contributed by atoms with E-state index in [2.05, 4.69) is 20.6 Å². The number of ether oxygens (including phenoxy) is 1. The number of nitrogens with zero attached hydrogens (tertiary/aromatic N) is 3. The van der Waals surface area contributed by atoms with Crippen LogP contribution < -0.4 is 10.6 Å². The molecule has 2 aliphatic heterocycles. The summed E-state index contributed by atoms with van der Waals surface area (Å²) in [5.41, 5.74) is 0.750. The van der Waals surface area contributed by atoms with Gasteiger partial charge in [0.05, 0.1) is 25.5 Å². The summed E-state index contributed by atoms with van der Waals surface area (Å²) in [7, 11) is 0. The minimum Gasteiger partial charge on any atom is -0.379 e. The number of rotatable bonds is 5. The molecule has 1 aromatic carbocycles. The highest BCUT2D eigenvalue weighted by atomic mass is 35.5. The topological polar surface area (TPSA) is 71.4 Å². The Kier molecular flexibility index (Phi) is 6.40. The molecule has 31 heavy (non-hydrogen) atoms. The molecule has 2 unspecified atom stereocenters. The number of alkyl halides is 3. The molecule has 2 aromatic rings. The third-order valence-corrected chi connectivity index (χ3v) is 5.82. The normalized spacial score (nSPS) is 21.9. The van der Waals surface area contributed by atoms with E-state index in [9.17, 15) is 18.0 Å². The van der Waals surface area contributed by atoms with Crippen molar-refractivity contribution in [3.63, 3.8) is 0 Å². The van der Waals surface area contributed by atoms with Crippen molar-refractivity contribution in [1.82, 2.24) is 20.0 Å². The molecule has 11 heteroatoms. The first-order valence-corrected chi connectivity index (χ1v) is 10.5. The predicted molar refractivity (Wildman–Crippen MR) is 109 cm³/mol. The van der Waals surface area contributed by atoms with Crippen LogP contribution in [0.1, 0.15) is 34.4 Å². The summed E-state index contributed by atoms with van der Waals surface area (Å²) in [6.45, 7) is 3.91. The molecule has 1 saturated heterocycles. The van der Waals surface area contributed by atoms with Crippen molar-refractivity contribution >= 4 is 23.3 Å². The molecular weight excluding hydrogens is 435 g/mol. The summed E-state index contributed by atoms with van der Waals surface area (Å²) in [5.74, 6) is -0.392. The van der Waals surface area contributed by atoms with Crippen LogP contribution in [0.3, 0.4) is 0 Å². The molecule has 1 fully saturated rings. The van der Waals surface area contributed by atoms with Gasteiger partial charge >= 0.3 is 6.18 Å². The van der Waals surface area contributed by atoms with Gasteiger partial charge in [-0.2, -0.15) is 18.3 Å². The standard InChI is InChI=1S/C20H23ClF3N5O2/c21-14-3-1-13(2-4-14)16-11-17(20(22,23)24)29-18(27-16)15(12-26-29)19(30)25-5-6-28-7-9-31-10-8-28/h1-4,12,16-17,27H,5-11H2,(H,25,30). The van der Waals surface area contributed by atoms with Crippen LogP contribution in [0.25, 0.3) is 0 Å². The van der Waals surface area contributed by atoms with Crippen molar-refractivity contribution < 1.29 is 22.7 Å². The van der Waals surface area contributed by atoms with Crippen LogP contribution in [-0.2, 0) is 4.74 Å². The Labute approximate surface area is 182 Å². The van der Waals surface area contributed by atoms with E-state index in [0.29, 0.717) is 36.9 Å². The number of nitrogens with one attached hydrogen (secondary N) is 2. The summed E-state index contributed by atoms with van der Waals surface area (Å²) in [6, 6.07) is 4.16. The van der Waals surface area contributed by atoms with E-state index in [1.165, 1.54) is 6.20 Å². The number of carbonyl (C=O) groups is 1. The second-order valence-corrected chi connectivity index (χ2v) is 8.04. The number of morpholine rings is 1. The van der Waals surface area contributed by atoms with E-state index >= 15 is 0 Å². The van der Waals surface area contributed by atoms with Gasteiger partial charge in [0.2, 0.25) is 0 Å². The smallest absolute Gasteiger partial charge is 0.379 e. The van der Waals surface area contributed by atoms with Gasteiger partial charge in [-0.1, -0.05) is 23.7 Å². The fourth-order valence-corrected chi connectivity index (χ4v) is 4.02. The van der Waals surface area contributed by atoms with Gasteiger partial charge in [0.1, 0.15) is 11.4 Å². The summed E-state index contributed by atoms with van der Waals surface area (Å²) in [5, 5.41) is 10.2. The summed E-state index contributed by atoms with van der Waals surface area (Å²) >= 11 is 5.91. The summed E-state index contributed by atoms with van der Waals surface area (Å²) in [6.07, 6.45) is -3.55. The minimum absolute atomic E-state index is 0.0670. The van der Waals surface area contributed by atoms with Crippen molar-refractivity contribution in [2.45, 2.75) is 24.7 Å². The van der Waals surface area contributed by atoms with Crippen LogP contribution in [0.15, 0.2) is 30.5 Å². The monoisotopic (exact) mass is 457 g/mol. The van der Waals surface area contributed by atoms with Crippen LogP contribution in [0.5, 0.6) is 0 Å². The van der Waals surface area contributed by atoms with Crippen LogP contribution in [0.2, 0.25) is 5.02 Å². The number of hydrogen-bond acceptors (Lipinski definition) is 5. The van der Waals surface area contributed by atoms with E-state index in [0.717, 1.165) is 17.8 Å². The lowest BCUT2D eigenvalue weighted by Crippen LogP contribution is -2.41. The Morgan fingerprint density at radius 3 is 2.65 bits per heavy atom. The Morgan fingerprint density at radius 1 is 1.26 bits per heavy atom. The number of fused-ring (bicyclic) bond motifs is 1. The van der Waals surface area contributed by atoms with Crippen LogP contribution >= 0.6 is 11.6 Å². The molecular formula is C20H23ClF3N5O2. The average molecular weight is 458 g/mol. The minimum atomic E-state index is -4.50. The van der Waals surface area contributed by atoms with Crippen molar-refractivity contribution in [1.29, 1.82) is 0 Å². The number of amides is 1. The zero-order chi connectivity index (χ0) is 22.0. The summed E-state index contributed by atoms with van der Waals surface area (Å²) < 4.78 is 47.5. The maximum absolute atomic E-state index is 13.8. The van der Waals surface area contributed by atoms with E-state index in [4.69, 9.17) is 16.3 Å². The number of halogens is 4. The van der Waals surface area contributed by atoms with E-state index < -0.39 is 24.2 Å². The lowest BCUT2D eigenvalue weighted by Gasteiger charge is -2.34. The van der Waals surface area contributed by atoms with Crippen LogP contribution in [0, 0.1) is 0 Å². The number of aromatic nitrogens is 2.